The Morgan fingerprint density at radius 2 is 2.18 bits per heavy atom. The molecule has 90 valence electrons. The van der Waals surface area contributed by atoms with Gasteiger partial charge in [0.1, 0.15) is 5.82 Å². The van der Waals surface area contributed by atoms with Gasteiger partial charge in [-0.25, -0.2) is 4.98 Å². The molecule has 0 unspecified atom stereocenters. The zero-order valence-corrected chi connectivity index (χ0v) is 11.4. The van der Waals surface area contributed by atoms with Crippen molar-refractivity contribution in [2.24, 2.45) is 0 Å². The Kier molecular flexibility index (Phi) is 3.84. The first-order valence-corrected chi connectivity index (χ1v) is 6.59. The van der Waals surface area contributed by atoms with Crippen molar-refractivity contribution >= 4 is 38.2 Å². The molecule has 3 N–H and O–H groups in total. The standard InChI is InChI=1S/C13H16BrN3/c1-2-3-6-16-13-11-7-9(15)4-5-10(11)12(14)8-17-13/h4-5,7-8H,2-3,6,15H2,1H3,(H,16,17). The van der Waals surface area contributed by atoms with Gasteiger partial charge in [0.2, 0.25) is 0 Å². The summed E-state index contributed by atoms with van der Waals surface area (Å²) >= 11 is 3.51. The number of fused-ring (bicyclic) bond motifs is 1. The van der Waals surface area contributed by atoms with Gasteiger partial charge in [0.25, 0.3) is 0 Å². The molecule has 0 spiro atoms. The summed E-state index contributed by atoms with van der Waals surface area (Å²) in [6, 6.07) is 5.88. The number of nitrogen functional groups attached to an aromatic ring is 1. The number of rotatable bonds is 4. The number of benzene rings is 1. The fourth-order valence-electron chi connectivity index (χ4n) is 1.75. The lowest BCUT2D eigenvalue weighted by Crippen LogP contribution is -2.03. The molecule has 1 heterocycles. The predicted octanol–water partition coefficient (Wildman–Crippen LogP) is 3.79. The first-order chi connectivity index (χ1) is 8.22. The molecule has 2 rings (SSSR count). The van der Waals surface area contributed by atoms with Gasteiger partial charge in [-0.1, -0.05) is 19.4 Å². The monoisotopic (exact) mass is 293 g/mol. The van der Waals surface area contributed by atoms with Gasteiger partial charge >= 0.3 is 0 Å². The van der Waals surface area contributed by atoms with Crippen molar-refractivity contribution in [3.05, 3.63) is 28.9 Å². The minimum Gasteiger partial charge on any atom is -0.399 e. The summed E-state index contributed by atoms with van der Waals surface area (Å²) in [7, 11) is 0. The Morgan fingerprint density at radius 3 is 2.94 bits per heavy atom. The number of halogens is 1. The zero-order valence-electron chi connectivity index (χ0n) is 9.83. The van der Waals surface area contributed by atoms with Crippen LogP contribution in [0.2, 0.25) is 0 Å². The van der Waals surface area contributed by atoms with Crippen LogP contribution in [0.3, 0.4) is 0 Å². The molecule has 1 aromatic heterocycles. The minimum absolute atomic E-state index is 0.760. The molecule has 17 heavy (non-hydrogen) atoms. The molecule has 0 saturated carbocycles. The second-order valence-electron chi connectivity index (χ2n) is 4.04. The summed E-state index contributed by atoms with van der Waals surface area (Å²) < 4.78 is 0.994. The normalized spacial score (nSPS) is 10.7. The van der Waals surface area contributed by atoms with Gasteiger partial charge in [-0.3, -0.25) is 0 Å². The maximum atomic E-state index is 5.83. The van der Waals surface area contributed by atoms with E-state index in [1.807, 2.05) is 24.4 Å². The van der Waals surface area contributed by atoms with Crippen molar-refractivity contribution in [2.45, 2.75) is 19.8 Å². The van der Waals surface area contributed by atoms with Crippen molar-refractivity contribution in [1.82, 2.24) is 4.98 Å². The average Bonchev–Trinajstić information content (AvgIpc) is 2.32. The number of hydrogen-bond acceptors (Lipinski definition) is 3. The summed E-state index contributed by atoms with van der Waals surface area (Å²) in [5, 5.41) is 5.55. The topological polar surface area (TPSA) is 50.9 Å². The molecule has 0 aliphatic rings. The Morgan fingerprint density at radius 1 is 1.35 bits per heavy atom. The molecule has 0 aliphatic heterocycles. The third-order valence-corrected chi connectivity index (χ3v) is 3.32. The van der Waals surface area contributed by atoms with Crippen LogP contribution in [0.5, 0.6) is 0 Å². The van der Waals surface area contributed by atoms with E-state index >= 15 is 0 Å². The van der Waals surface area contributed by atoms with Gasteiger partial charge in [-0.2, -0.15) is 0 Å². The van der Waals surface area contributed by atoms with Gasteiger partial charge in [0.15, 0.2) is 0 Å². The van der Waals surface area contributed by atoms with E-state index in [4.69, 9.17) is 5.73 Å². The van der Waals surface area contributed by atoms with E-state index < -0.39 is 0 Å². The summed E-state index contributed by atoms with van der Waals surface area (Å²) in [6.45, 7) is 3.11. The van der Waals surface area contributed by atoms with Gasteiger partial charge < -0.3 is 11.1 Å². The molecular formula is C13H16BrN3. The predicted molar refractivity (Wildman–Crippen MR) is 77.3 cm³/mol. The number of hydrogen-bond donors (Lipinski definition) is 2. The molecule has 0 saturated heterocycles. The Balaban J connectivity index is 2.41. The highest BCUT2D eigenvalue weighted by Crippen LogP contribution is 2.29. The van der Waals surface area contributed by atoms with E-state index in [9.17, 15) is 0 Å². The largest absolute Gasteiger partial charge is 0.399 e. The van der Waals surface area contributed by atoms with Crippen molar-refractivity contribution in [1.29, 1.82) is 0 Å². The molecule has 1 aromatic carbocycles. The molecule has 0 amide bonds. The van der Waals surface area contributed by atoms with Crippen molar-refractivity contribution in [3.63, 3.8) is 0 Å². The number of nitrogens with zero attached hydrogens (tertiary/aromatic N) is 1. The molecule has 0 aliphatic carbocycles. The SMILES string of the molecule is CCCCNc1ncc(Br)c2ccc(N)cc12. The highest BCUT2D eigenvalue weighted by atomic mass is 79.9. The maximum absolute atomic E-state index is 5.83. The van der Waals surface area contributed by atoms with Crippen LogP contribution < -0.4 is 11.1 Å². The third-order valence-electron chi connectivity index (χ3n) is 2.69. The third kappa shape index (κ3) is 2.69. The first kappa shape index (κ1) is 12.2. The van der Waals surface area contributed by atoms with Crippen molar-refractivity contribution in [3.8, 4) is 0 Å². The molecule has 0 atom stereocenters. The van der Waals surface area contributed by atoms with E-state index in [1.54, 1.807) is 0 Å². The van der Waals surface area contributed by atoms with Crippen LogP contribution in [-0.2, 0) is 0 Å². The van der Waals surface area contributed by atoms with Gasteiger partial charge in [-0.15, -0.1) is 0 Å². The van der Waals surface area contributed by atoms with E-state index in [-0.39, 0.29) is 0 Å². The summed E-state index contributed by atoms with van der Waals surface area (Å²) in [4.78, 5) is 4.41. The van der Waals surface area contributed by atoms with Gasteiger partial charge in [-0.05, 0) is 34.5 Å². The Hall–Kier alpha value is -1.29. The highest BCUT2D eigenvalue weighted by molar-refractivity contribution is 9.10. The van der Waals surface area contributed by atoms with Gasteiger partial charge in [0.05, 0.1) is 0 Å². The second kappa shape index (κ2) is 5.36. The number of anilines is 2. The lowest BCUT2D eigenvalue weighted by Gasteiger charge is -2.10. The number of nitrogens with one attached hydrogen (secondary N) is 1. The van der Waals surface area contributed by atoms with Crippen LogP contribution in [-0.4, -0.2) is 11.5 Å². The minimum atomic E-state index is 0.760. The molecule has 0 fully saturated rings. The van der Waals surface area contributed by atoms with Crippen LogP contribution in [0.15, 0.2) is 28.9 Å². The highest BCUT2D eigenvalue weighted by Gasteiger charge is 2.05. The summed E-state index contributed by atoms with van der Waals surface area (Å²) in [5.74, 6) is 0.906. The molecule has 0 radical (unpaired) electrons. The second-order valence-corrected chi connectivity index (χ2v) is 4.89. The first-order valence-electron chi connectivity index (χ1n) is 5.80. The number of unbranched alkanes of at least 4 members (excludes halogenated alkanes) is 1. The lowest BCUT2D eigenvalue weighted by molar-refractivity contribution is 0.832. The van der Waals surface area contributed by atoms with Crippen LogP contribution in [0.1, 0.15) is 19.8 Å². The van der Waals surface area contributed by atoms with Crippen molar-refractivity contribution < 1.29 is 0 Å². The number of nitrogens with two attached hydrogens (primary N) is 1. The lowest BCUT2D eigenvalue weighted by atomic mass is 10.1. The quantitative estimate of drug-likeness (QED) is 0.666. The van der Waals surface area contributed by atoms with Crippen molar-refractivity contribution in [2.75, 3.05) is 17.6 Å². The summed E-state index contributed by atoms with van der Waals surface area (Å²) in [6.07, 6.45) is 4.14. The number of pyridine rings is 1. The fraction of sp³-hybridized carbons (Fsp3) is 0.308. The molecule has 2 aromatic rings. The molecule has 3 nitrogen and oxygen atoms in total. The van der Waals surface area contributed by atoms with E-state index in [0.29, 0.717) is 0 Å². The number of aromatic nitrogens is 1. The smallest absolute Gasteiger partial charge is 0.133 e. The average molecular weight is 294 g/mol. The Labute approximate surface area is 110 Å². The van der Waals surface area contributed by atoms with Crippen LogP contribution >= 0.6 is 15.9 Å². The van der Waals surface area contributed by atoms with E-state index in [0.717, 1.165) is 39.7 Å². The zero-order chi connectivity index (χ0) is 12.3. The summed E-state index contributed by atoms with van der Waals surface area (Å²) in [5.41, 5.74) is 6.59. The molecule has 0 bridgehead atoms. The van der Waals surface area contributed by atoms with Crippen LogP contribution in [0.4, 0.5) is 11.5 Å². The van der Waals surface area contributed by atoms with Crippen LogP contribution in [0, 0.1) is 0 Å². The maximum Gasteiger partial charge on any atom is 0.133 e. The fourth-order valence-corrected chi connectivity index (χ4v) is 2.20. The van der Waals surface area contributed by atoms with Gasteiger partial charge in [0, 0.05) is 33.7 Å². The Bertz CT molecular complexity index is 525. The van der Waals surface area contributed by atoms with Crippen LogP contribution in [0.25, 0.3) is 10.8 Å². The molecular weight excluding hydrogens is 278 g/mol. The van der Waals surface area contributed by atoms with E-state index in [1.165, 1.54) is 6.42 Å². The molecule has 4 heteroatoms. The van der Waals surface area contributed by atoms with E-state index in [2.05, 4.69) is 33.2 Å².